The van der Waals surface area contributed by atoms with Crippen LogP contribution in [0.2, 0.25) is 0 Å². The Morgan fingerprint density at radius 3 is 2.22 bits per heavy atom. The first-order chi connectivity index (χ1) is 17.1. The van der Waals surface area contributed by atoms with E-state index in [1.54, 1.807) is 49.3 Å². The molecule has 3 aliphatic heterocycles. The summed E-state index contributed by atoms with van der Waals surface area (Å²) in [6, 6.07) is 10.3. The molecule has 0 bridgehead atoms. The highest BCUT2D eigenvalue weighted by molar-refractivity contribution is 8.17. The SMILES string of the molecule is CNC(=O)c1nc(C2(C)CSC(C3(C)CSC(C4(C)CSC(C=Cc5ccccc5)=N4)=N3)=N2)oc1C. The standard InChI is InChI=1S/C26H29N5O2S3/c1-16-19(20(32)27-5)28-21(33-16)24(2)13-35-23(30-24)26(4)15-36-22(31-26)25(3)14-34-18(29-25)12-11-17-9-7-6-8-10-17/h6-12H,13-15H2,1-5H3,(H,27,32). The molecule has 5 rings (SSSR count). The number of hydrogen-bond donors (Lipinski definition) is 1. The summed E-state index contributed by atoms with van der Waals surface area (Å²) in [4.78, 5) is 31.9. The minimum Gasteiger partial charge on any atom is -0.442 e. The lowest BCUT2D eigenvalue weighted by molar-refractivity contribution is 0.0957. The number of oxazole rings is 1. The molecule has 0 radical (unpaired) electrons. The fraction of sp³-hybridized carbons (Fsp3) is 0.423. The number of rotatable bonds is 6. The summed E-state index contributed by atoms with van der Waals surface area (Å²) in [5.74, 6) is 3.11. The van der Waals surface area contributed by atoms with E-state index in [2.05, 4.69) is 48.4 Å². The third-order valence-corrected chi connectivity index (χ3v) is 10.6. The van der Waals surface area contributed by atoms with Crippen molar-refractivity contribution in [2.24, 2.45) is 15.0 Å². The van der Waals surface area contributed by atoms with Crippen molar-refractivity contribution in [1.82, 2.24) is 10.3 Å². The van der Waals surface area contributed by atoms with E-state index in [4.69, 9.17) is 19.4 Å². The Morgan fingerprint density at radius 1 is 0.917 bits per heavy atom. The Labute approximate surface area is 224 Å². The number of carbonyl (C=O) groups is 1. The number of aryl methyl sites for hydroxylation is 1. The molecule has 0 fully saturated rings. The Bertz CT molecular complexity index is 1320. The van der Waals surface area contributed by atoms with Gasteiger partial charge in [-0.1, -0.05) is 36.4 Å². The maximum atomic E-state index is 12.1. The second-order valence-corrected chi connectivity index (χ2v) is 12.6. The summed E-state index contributed by atoms with van der Waals surface area (Å²) in [7, 11) is 1.59. The van der Waals surface area contributed by atoms with Crippen molar-refractivity contribution in [3.63, 3.8) is 0 Å². The van der Waals surface area contributed by atoms with Gasteiger partial charge in [-0.2, -0.15) is 0 Å². The van der Waals surface area contributed by atoms with E-state index in [0.29, 0.717) is 23.1 Å². The second-order valence-electron chi connectivity index (χ2n) is 9.72. The third kappa shape index (κ3) is 4.70. The monoisotopic (exact) mass is 539 g/mol. The van der Waals surface area contributed by atoms with Crippen LogP contribution in [0.15, 0.2) is 55.8 Å². The van der Waals surface area contributed by atoms with E-state index in [0.717, 1.165) is 32.2 Å². The Hall–Kier alpha value is -2.30. The molecule has 1 aromatic heterocycles. The number of amides is 1. The maximum absolute atomic E-state index is 12.1. The van der Waals surface area contributed by atoms with E-state index in [1.165, 1.54) is 0 Å². The van der Waals surface area contributed by atoms with Gasteiger partial charge in [-0.25, -0.2) is 4.98 Å². The molecular weight excluding hydrogens is 511 g/mol. The molecule has 36 heavy (non-hydrogen) atoms. The summed E-state index contributed by atoms with van der Waals surface area (Å²) in [6.45, 7) is 8.08. The molecular formula is C26H29N5O2S3. The van der Waals surface area contributed by atoms with Gasteiger partial charge in [0.15, 0.2) is 5.69 Å². The number of benzene rings is 1. The molecule has 1 amide bonds. The number of nitrogens with one attached hydrogen (secondary N) is 1. The average molecular weight is 540 g/mol. The fourth-order valence-corrected chi connectivity index (χ4v) is 8.03. The molecule has 1 aromatic carbocycles. The van der Waals surface area contributed by atoms with Crippen LogP contribution in [0, 0.1) is 6.92 Å². The molecule has 2 aromatic rings. The van der Waals surface area contributed by atoms with Crippen LogP contribution in [0.1, 0.15) is 48.5 Å². The van der Waals surface area contributed by atoms with Crippen LogP contribution in [0.4, 0.5) is 0 Å². The molecule has 0 saturated heterocycles. The van der Waals surface area contributed by atoms with Gasteiger partial charge in [0.25, 0.3) is 5.91 Å². The second kappa shape index (κ2) is 9.54. The predicted molar refractivity (Wildman–Crippen MR) is 154 cm³/mol. The average Bonchev–Trinajstić information content (AvgIpc) is 3.65. The number of thioether (sulfide) groups is 3. The van der Waals surface area contributed by atoms with Gasteiger partial charge in [-0.15, -0.1) is 35.3 Å². The van der Waals surface area contributed by atoms with Crippen molar-refractivity contribution < 1.29 is 9.21 Å². The smallest absolute Gasteiger partial charge is 0.273 e. The fourth-order valence-electron chi connectivity index (χ4n) is 4.17. The normalized spacial score (nSPS) is 30.0. The van der Waals surface area contributed by atoms with Gasteiger partial charge in [0.1, 0.15) is 22.4 Å². The first-order valence-electron chi connectivity index (χ1n) is 11.8. The Morgan fingerprint density at radius 2 is 1.53 bits per heavy atom. The van der Waals surface area contributed by atoms with Crippen molar-refractivity contribution in [1.29, 1.82) is 0 Å². The highest BCUT2D eigenvalue weighted by atomic mass is 32.2. The van der Waals surface area contributed by atoms with Crippen LogP contribution in [-0.2, 0) is 5.54 Å². The van der Waals surface area contributed by atoms with Gasteiger partial charge in [0.05, 0.1) is 15.1 Å². The lowest BCUT2D eigenvalue weighted by atomic mass is 10.0. The largest absolute Gasteiger partial charge is 0.442 e. The lowest BCUT2D eigenvalue weighted by Crippen LogP contribution is -2.33. The number of aliphatic imine (C=N–C) groups is 3. The minimum absolute atomic E-state index is 0.254. The Kier molecular flexibility index (Phi) is 6.72. The molecule has 1 N–H and O–H groups in total. The van der Waals surface area contributed by atoms with Gasteiger partial charge >= 0.3 is 0 Å². The number of carbonyl (C=O) groups excluding carboxylic acids is 1. The van der Waals surface area contributed by atoms with E-state index in [9.17, 15) is 4.79 Å². The summed E-state index contributed by atoms with van der Waals surface area (Å²) < 4.78 is 5.89. The number of nitrogens with zero attached hydrogens (tertiary/aromatic N) is 4. The van der Waals surface area contributed by atoms with E-state index in [-0.39, 0.29) is 11.4 Å². The quantitative estimate of drug-likeness (QED) is 0.541. The van der Waals surface area contributed by atoms with Gasteiger partial charge in [0.2, 0.25) is 5.89 Å². The van der Waals surface area contributed by atoms with Gasteiger partial charge in [-0.05, 0) is 39.3 Å². The molecule has 10 heteroatoms. The number of aromatic nitrogens is 1. The van der Waals surface area contributed by atoms with E-state index in [1.807, 2.05) is 25.1 Å². The molecule has 3 aliphatic rings. The van der Waals surface area contributed by atoms with Crippen LogP contribution in [0.5, 0.6) is 0 Å². The first-order valence-corrected chi connectivity index (χ1v) is 14.7. The summed E-state index contributed by atoms with van der Waals surface area (Å²) in [5, 5.41) is 5.69. The van der Waals surface area contributed by atoms with Crippen LogP contribution in [-0.4, -0.2) is 61.4 Å². The van der Waals surface area contributed by atoms with Crippen LogP contribution < -0.4 is 5.32 Å². The van der Waals surface area contributed by atoms with Crippen LogP contribution in [0.3, 0.4) is 0 Å². The third-order valence-electron chi connectivity index (χ3n) is 6.37. The first kappa shape index (κ1) is 25.4. The van der Waals surface area contributed by atoms with Crippen molar-refractivity contribution in [2.75, 3.05) is 24.3 Å². The van der Waals surface area contributed by atoms with Gasteiger partial charge in [0, 0.05) is 24.3 Å². The van der Waals surface area contributed by atoms with Crippen LogP contribution >= 0.6 is 35.3 Å². The maximum Gasteiger partial charge on any atom is 0.273 e. The summed E-state index contributed by atoms with van der Waals surface area (Å²) >= 11 is 5.25. The molecule has 0 spiro atoms. The zero-order valence-corrected chi connectivity index (χ0v) is 23.4. The highest BCUT2D eigenvalue weighted by Crippen LogP contribution is 2.46. The molecule has 3 unspecified atom stereocenters. The van der Waals surface area contributed by atoms with Crippen molar-refractivity contribution >= 4 is 62.4 Å². The van der Waals surface area contributed by atoms with Crippen LogP contribution in [0.25, 0.3) is 6.08 Å². The molecule has 0 saturated carbocycles. The molecule has 7 nitrogen and oxygen atoms in total. The van der Waals surface area contributed by atoms with Gasteiger partial charge < -0.3 is 9.73 Å². The molecule has 0 aliphatic carbocycles. The summed E-state index contributed by atoms with van der Waals surface area (Å²) in [6.07, 6.45) is 4.20. The van der Waals surface area contributed by atoms with E-state index >= 15 is 0 Å². The molecule has 3 atom stereocenters. The molecule has 4 heterocycles. The van der Waals surface area contributed by atoms with E-state index < -0.39 is 11.1 Å². The Balaban J connectivity index is 1.36. The van der Waals surface area contributed by atoms with Crippen molar-refractivity contribution in [2.45, 2.75) is 44.3 Å². The van der Waals surface area contributed by atoms with Crippen molar-refractivity contribution in [3.8, 4) is 0 Å². The van der Waals surface area contributed by atoms with Crippen molar-refractivity contribution in [3.05, 3.63) is 59.3 Å². The number of hydrogen-bond acceptors (Lipinski definition) is 9. The van der Waals surface area contributed by atoms with Gasteiger partial charge in [-0.3, -0.25) is 19.8 Å². The zero-order chi connectivity index (χ0) is 25.6. The lowest BCUT2D eigenvalue weighted by Gasteiger charge is -2.21. The topological polar surface area (TPSA) is 92.2 Å². The molecule has 188 valence electrons. The highest BCUT2D eigenvalue weighted by Gasteiger charge is 2.48. The zero-order valence-electron chi connectivity index (χ0n) is 21.0. The summed E-state index contributed by atoms with van der Waals surface area (Å²) in [5.41, 5.74) is 0.0893. The predicted octanol–water partition coefficient (Wildman–Crippen LogP) is 5.22. The minimum atomic E-state index is -0.635.